The first-order valence-electron chi connectivity index (χ1n) is 11.4. The minimum Gasteiger partial charge on any atom is -0.365 e. The topological polar surface area (TPSA) is 85.1 Å². The molecule has 1 aliphatic carbocycles. The zero-order chi connectivity index (χ0) is 23.8. The average molecular weight is 490 g/mol. The number of nitrogens with two attached hydrogens (primary N) is 1. The molecule has 5 nitrogen and oxygen atoms in total. The fourth-order valence-corrected chi connectivity index (χ4v) is 6.29. The van der Waals surface area contributed by atoms with Gasteiger partial charge in [0.2, 0.25) is 0 Å². The van der Waals surface area contributed by atoms with Gasteiger partial charge in [0.1, 0.15) is 5.00 Å². The summed E-state index contributed by atoms with van der Waals surface area (Å²) in [5.41, 5.74) is 9.73. The van der Waals surface area contributed by atoms with Crippen LogP contribution in [0.5, 0.6) is 0 Å². The van der Waals surface area contributed by atoms with E-state index in [-0.39, 0.29) is 5.91 Å². The predicted molar refractivity (Wildman–Crippen MR) is 139 cm³/mol. The van der Waals surface area contributed by atoms with Gasteiger partial charge >= 0.3 is 0 Å². The predicted octanol–water partition coefficient (Wildman–Crippen LogP) is 6.48. The van der Waals surface area contributed by atoms with E-state index in [1.807, 2.05) is 42.5 Å². The molecular weight excluding hydrogens is 466 g/mol. The van der Waals surface area contributed by atoms with Crippen LogP contribution in [-0.2, 0) is 12.8 Å². The number of thiophene rings is 1. The molecule has 2 aromatic carbocycles. The number of nitrogens with zero attached hydrogens (tertiary/aromatic N) is 1. The first kappa shape index (κ1) is 22.6. The van der Waals surface area contributed by atoms with Gasteiger partial charge in [-0.3, -0.25) is 9.59 Å². The summed E-state index contributed by atoms with van der Waals surface area (Å²) >= 11 is 7.89. The van der Waals surface area contributed by atoms with Crippen molar-refractivity contribution in [2.75, 3.05) is 5.32 Å². The number of benzene rings is 2. The lowest BCUT2D eigenvalue weighted by atomic mass is 9.85. The van der Waals surface area contributed by atoms with Gasteiger partial charge in [0, 0.05) is 20.8 Å². The minimum atomic E-state index is -0.501. The van der Waals surface area contributed by atoms with Crippen LogP contribution in [0.4, 0.5) is 5.00 Å². The third kappa shape index (κ3) is 4.08. The summed E-state index contributed by atoms with van der Waals surface area (Å²) in [6, 6.07) is 16.7. The zero-order valence-electron chi connectivity index (χ0n) is 18.7. The molecule has 0 saturated carbocycles. The molecule has 3 N–H and O–H groups in total. The van der Waals surface area contributed by atoms with Crippen LogP contribution in [0.15, 0.2) is 54.6 Å². The molecule has 34 heavy (non-hydrogen) atoms. The number of carbonyl (C=O) groups excluding carboxylic acids is 2. The van der Waals surface area contributed by atoms with Crippen molar-refractivity contribution in [2.24, 2.45) is 11.7 Å². The number of pyridine rings is 1. The maximum atomic E-state index is 13.6. The van der Waals surface area contributed by atoms with E-state index in [1.54, 1.807) is 12.1 Å². The third-order valence-corrected chi connectivity index (χ3v) is 8.03. The molecule has 2 amide bonds. The van der Waals surface area contributed by atoms with Crippen molar-refractivity contribution < 1.29 is 9.59 Å². The van der Waals surface area contributed by atoms with Crippen molar-refractivity contribution in [1.29, 1.82) is 0 Å². The van der Waals surface area contributed by atoms with Crippen LogP contribution in [0.25, 0.3) is 22.2 Å². The lowest BCUT2D eigenvalue weighted by molar-refractivity contribution is 0.1000. The minimum absolute atomic E-state index is 0.306. The Morgan fingerprint density at radius 3 is 2.71 bits per heavy atom. The van der Waals surface area contributed by atoms with Gasteiger partial charge in [0.15, 0.2) is 0 Å². The van der Waals surface area contributed by atoms with Gasteiger partial charge in [-0.15, -0.1) is 11.3 Å². The Kier molecular flexibility index (Phi) is 6.11. The summed E-state index contributed by atoms with van der Waals surface area (Å²) in [6.07, 6.45) is 3.86. The molecule has 0 unspecified atom stereocenters. The van der Waals surface area contributed by atoms with Gasteiger partial charge in [0.25, 0.3) is 11.8 Å². The lowest BCUT2D eigenvalue weighted by Crippen LogP contribution is -2.20. The lowest BCUT2D eigenvalue weighted by Gasteiger charge is -2.20. The second-order valence-corrected chi connectivity index (χ2v) is 10.1. The smallest absolute Gasteiger partial charge is 0.257 e. The fraction of sp³-hybridized carbons (Fsp3) is 0.222. The number of halogens is 1. The van der Waals surface area contributed by atoms with Gasteiger partial charge in [-0.1, -0.05) is 61.3 Å². The Morgan fingerprint density at radius 1 is 1.18 bits per heavy atom. The van der Waals surface area contributed by atoms with Crippen molar-refractivity contribution in [2.45, 2.75) is 32.6 Å². The Labute approximate surface area is 207 Å². The first-order valence-corrected chi connectivity index (χ1v) is 12.6. The van der Waals surface area contributed by atoms with Gasteiger partial charge in [-0.2, -0.15) is 0 Å². The van der Waals surface area contributed by atoms with E-state index in [2.05, 4.69) is 12.2 Å². The molecule has 0 aliphatic heterocycles. The molecule has 1 aliphatic rings. The molecule has 0 bridgehead atoms. The molecule has 0 spiro atoms. The van der Waals surface area contributed by atoms with Gasteiger partial charge in [-0.05, 0) is 48.9 Å². The Morgan fingerprint density at radius 2 is 1.94 bits per heavy atom. The molecule has 0 fully saturated rings. The molecular formula is C27H24ClN3O2S. The molecule has 4 aromatic rings. The van der Waals surface area contributed by atoms with E-state index in [1.165, 1.54) is 11.3 Å². The summed E-state index contributed by atoms with van der Waals surface area (Å²) in [5, 5.41) is 4.81. The summed E-state index contributed by atoms with van der Waals surface area (Å²) in [4.78, 5) is 31.8. The summed E-state index contributed by atoms with van der Waals surface area (Å²) in [7, 11) is 0. The second kappa shape index (κ2) is 9.20. The number of para-hydroxylation sites is 1. The number of aromatic nitrogens is 1. The molecule has 7 heteroatoms. The summed E-state index contributed by atoms with van der Waals surface area (Å²) in [6.45, 7) is 2.19. The average Bonchev–Trinajstić information content (AvgIpc) is 3.20. The Hall–Kier alpha value is -3.22. The van der Waals surface area contributed by atoms with Crippen LogP contribution in [0, 0.1) is 5.92 Å². The molecule has 0 radical (unpaired) electrons. The largest absolute Gasteiger partial charge is 0.365 e. The van der Waals surface area contributed by atoms with E-state index in [9.17, 15) is 9.59 Å². The zero-order valence-corrected chi connectivity index (χ0v) is 20.3. The molecule has 2 aromatic heterocycles. The highest BCUT2D eigenvalue weighted by Crippen LogP contribution is 2.40. The maximum Gasteiger partial charge on any atom is 0.257 e. The van der Waals surface area contributed by atoms with E-state index < -0.39 is 5.91 Å². The Balaban J connectivity index is 1.58. The van der Waals surface area contributed by atoms with Crippen LogP contribution in [0.1, 0.15) is 50.9 Å². The molecule has 0 saturated heterocycles. The number of anilines is 1. The number of hydrogen-bond acceptors (Lipinski definition) is 4. The van der Waals surface area contributed by atoms with Crippen LogP contribution >= 0.6 is 22.9 Å². The van der Waals surface area contributed by atoms with Gasteiger partial charge in [0.05, 0.1) is 22.3 Å². The van der Waals surface area contributed by atoms with Crippen molar-refractivity contribution in [3.05, 3.63) is 81.2 Å². The van der Waals surface area contributed by atoms with Crippen molar-refractivity contribution in [1.82, 2.24) is 4.98 Å². The standard InChI is InChI=1S/C27H24ClN3O2S/c1-2-15-11-12-18-23(13-15)34-27(24(18)25(29)32)31-26(33)19-14-22(17-8-3-5-9-20(17)28)30-21-10-6-4-7-16(19)21/h3-10,14-15H,2,11-13H2,1H3,(H2,29,32)(H,31,33)/t15-/m0/s1. The highest BCUT2D eigenvalue weighted by molar-refractivity contribution is 7.17. The summed E-state index contributed by atoms with van der Waals surface area (Å²) < 4.78 is 0. The van der Waals surface area contributed by atoms with Gasteiger partial charge in [-0.25, -0.2) is 4.98 Å². The quantitative estimate of drug-likeness (QED) is 0.336. The second-order valence-electron chi connectivity index (χ2n) is 8.60. The number of rotatable bonds is 5. The number of carbonyl (C=O) groups is 2. The highest BCUT2D eigenvalue weighted by Gasteiger charge is 2.28. The molecule has 5 rings (SSSR count). The van der Waals surface area contributed by atoms with E-state index in [4.69, 9.17) is 22.3 Å². The van der Waals surface area contributed by atoms with Gasteiger partial charge < -0.3 is 11.1 Å². The monoisotopic (exact) mass is 489 g/mol. The molecule has 172 valence electrons. The first-order chi connectivity index (χ1) is 16.5. The fourth-order valence-electron chi connectivity index (χ4n) is 4.69. The molecule has 1 atom stereocenters. The van der Waals surface area contributed by atoms with Crippen LogP contribution < -0.4 is 11.1 Å². The number of nitrogens with one attached hydrogen (secondary N) is 1. The SMILES string of the molecule is CC[C@H]1CCc2c(sc(NC(=O)c3cc(-c4ccccc4Cl)nc4ccccc34)c2C(N)=O)C1. The van der Waals surface area contributed by atoms with E-state index in [0.717, 1.165) is 47.1 Å². The van der Waals surface area contributed by atoms with Crippen LogP contribution in [-0.4, -0.2) is 16.8 Å². The molecule has 2 heterocycles. The highest BCUT2D eigenvalue weighted by atomic mass is 35.5. The Bertz CT molecular complexity index is 1430. The number of primary amides is 1. The van der Waals surface area contributed by atoms with E-state index >= 15 is 0 Å². The van der Waals surface area contributed by atoms with Crippen molar-refractivity contribution in [3.8, 4) is 11.3 Å². The van der Waals surface area contributed by atoms with Crippen molar-refractivity contribution in [3.63, 3.8) is 0 Å². The van der Waals surface area contributed by atoms with Crippen LogP contribution in [0.2, 0.25) is 5.02 Å². The normalized spacial score (nSPS) is 15.2. The van der Waals surface area contributed by atoms with Crippen LogP contribution in [0.3, 0.4) is 0 Å². The van der Waals surface area contributed by atoms with E-state index in [0.29, 0.717) is 38.3 Å². The maximum absolute atomic E-state index is 13.6. The summed E-state index contributed by atoms with van der Waals surface area (Å²) in [5.74, 6) is -0.211. The third-order valence-electron chi connectivity index (χ3n) is 6.53. The number of hydrogen-bond donors (Lipinski definition) is 2. The number of fused-ring (bicyclic) bond motifs is 2. The number of amides is 2. The van der Waals surface area contributed by atoms with Crippen molar-refractivity contribution >= 4 is 50.7 Å².